The molecule has 180 valence electrons. The van der Waals surface area contributed by atoms with Crippen molar-refractivity contribution in [2.75, 3.05) is 26.8 Å². The van der Waals surface area contributed by atoms with Crippen molar-refractivity contribution < 1.29 is 23.9 Å². The average Bonchev–Trinajstić information content (AvgIpc) is 2.89. The van der Waals surface area contributed by atoms with Crippen LogP contribution >= 0.6 is 0 Å². The summed E-state index contributed by atoms with van der Waals surface area (Å²) in [5.74, 6) is -0.0590. The molecule has 0 aliphatic carbocycles. The third kappa shape index (κ3) is 6.84. The molecule has 2 N–H and O–H groups in total. The minimum Gasteiger partial charge on any atom is -0.493 e. The monoisotopic (exact) mass is 465 g/mol. The Bertz CT molecular complexity index is 1010. The van der Waals surface area contributed by atoms with E-state index in [9.17, 15) is 14.4 Å². The highest BCUT2D eigenvalue weighted by Crippen LogP contribution is 2.28. The Morgan fingerprint density at radius 1 is 1.03 bits per heavy atom. The van der Waals surface area contributed by atoms with Gasteiger partial charge in [-0.1, -0.05) is 37.3 Å². The molecule has 0 unspecified atom stereocenters. The number of hydrogen-bond donors (Lipinski definition) is 2. The van der Waals surface area contributed by atoms with Gasteiger partial charge in [-0.2, -0.15) is 0 Å². The number of nitrogens with one attached hydrogen (secondary N) is 2. The number of amides is 3. The van der Waals surface area contributed by atoms with Gasteiger partial charge in [0.25, 0.3) is 5.91 Å². The van der Waals surface area contributed by atoms with E-state index in [4.69, 9.17) is 9.47 Å². The second-order valence-electron chi connectivity index (χ2n) is 8.00. The SMILES string of the molecule is CCCOc1ccc(C(=O)NNC(=O)C2CCN(C(=O)C=Cc3ccccc3)CC2)cc1OC. The molecule has 1 aliphatic rings. The fraction of sp³-hybridized carbons (Fsp3) is 0.346. The maximum atomic E-state index is 12.5. The number of hydrazine groups is 1. The number of carbonyl (C=O) groups is 3. The molecule has 0 atom stereocenters. The number of nitrogens with zero attached hydrogens (tertiary/aromatic N) is 1. The van der Waals surface area contributed by atoms with Gasteiger partial charge in [0.05, 0.1) is 13.7 Å². The van der Waals surface area contributed by atoms with E-state index in [0.717, 1.165) is 12.0 Å². The first-order valence-electron chi connectivity index (χ1n) is 11.4. The first kappa shape index (κ1) is 24.8. The van der Waals surface area contributed by atoms with E-state index in [2.05, 4.69) is 10.9 Å². The highest BCUT2D eigenvalue weighted by Gasteiger charge is 2.27. The molecule has 0 saturated carbocycles. The Balaban J connectivity index is 1.45. The summed E-state index contributed by atoms with van der Waals surface area (Å²) in [6.45, 7) is 3.52. The molecule has 8 heteroatoms. The normalized spacial score (nSPS) is 14.0. The Morgan fingerprint density at radius 3 is 2.44 bits per heavy atom. The lowest BCUT2D eigenvalue weighted by molar-refractivity contribution is -0.132. The molecule has 3 amide bonds. The molecule has 0 bridgehead atoms. The molecule has 34 heavy (non-hydrogen) atoms. The quantitative estimate of drug-likeness (QED) is 0.461. The molecule has 1 aliphatic heterocycles. The van der Waals surface area contributed by atoms with Gasteiger partial charge in [0.1, 0.15) is 0 Å². The van der Waals surface area contributed by atoms with Gasteiger partial charge in [-0.25, -0.2) is 0 Å². The molecule has 2 aromatic rings. The van der Waals surface area contributed by atoms with Crippen molar-refractivity contribution >= 4 is 23.8 Å². The summed E-state index contributed by atoms with van der Waals surface area (Å²) in [5.41, 5.74) is 6.25. The molecule has 1 fully saturated rings. The van der Waals surface area contributed by atoms with E-state index in [1.165, 1.54) is 7.11 Å². The molecule has 0 spiro atoms. The maximum absolute atomic E-state index is 12.5. The van der Waals surface area contributed by atoms with Crippen molar-refractivity contribution in [1.82, 2.24) is 15.8 Å². The Kier molecular flexibility index (Phi) is 9.08. The predicted molar refractivity (Wildman–Crippen MR) is 129 cm³/mol. The van der Waals surface area contributed by atoms with Gasteiger partial charge in [-0.3, -0.25) is 25.2 Å². The van der Waals surface area contributed by atoms with Crippen molar-refractivity contribution in [3.63, 3.8) is 0 Å². The highest BCUT2D eigenvalue weighted by atomic mass is 16.5. The maximum Gasteiger partial charge on any atom is 0.269 e. The van der Waals surface area contributed by atoms with Gasteiger partial charge >= 0.3 is 0 Å². The van der Waals surface area contributed by atoms with Crippen molar-refractivity contribution in [3.8, 4) is 11.5 Å². The molecular weight excluding hydrogens is 434 g/mol. The number of rotatable bonds is 8. The summed E-state index contributed by atoms with van der Waals surface area (Å²) in [6, 6.07) is 14.5. The molecule has 1 saturated heterocycles. The van der Waals surface area contributed by atoms with Crippen molar-refractivity contribution in [3.05, 3.63) is 65.7 Å². The fourth-order valence-electron chi connectivity index (χ4n) is 3.63. The number of ether oxygens (including phenoxy) is 2. The number of benzene rings is 2. The molecule has 1 heterocycles. The summed E-state index contributed by atoms with van der Waals surface area (Å²) in [7, 11) is 1.51. The van der Waals surface area contributed by atoms with Gasteiger partial charge in [0.2, 0.25) is 11.8 Å². The van der Waals surface area contributed by atoms with Crippen molar-refractivity contribution in [2.24, 2.45) is 5.92 Å². The van der Waals surface area contributed by atoms with Crippen LogP contribution in [0.3, 0.4) is 0 Å². The van der Waals surface area contributed by atoms with E-state index in [0.29, 0.717) is 49.6 Å². The molecule has 3 rings (SSSR count). The summed E-state index contributed by atoms with van der Waals surface area (Å²) in [5, 5.41) is 0. The van der Waals surface area contributed by atoms with E-state index in [1.807, 2.05) is 37.3 Å². The molecule has 0 radical (unpaired) electrons. The minimum atomic E-state index is -0.452. The lowest BCUT2D eigenvalue weighted by atomic mass is 9.96. The molecular formula is C26H31N3O5. The van der Waals surface area contributed by atoms with Gasteiger partial charge in [0, 0.05) is 30.6 Å². The van der Waals surface area contributed by atoms with Crippen LogP contribution in [0.25, 0.3) is 6.08 Å². The van der Waals surface area contributed by atoms with Gasteiger partial charge in [-0.15, -0.1) is 0 Å². The lowest BCUT2D eigenvalue weighted by Crippen LogP contribution is -2.48. The van der Waals surface area contributed by atoms with E-state index >= 15 is 0 Å². The van der Waals surface area contributed by atoms with Crippen LogP contribution in [0.5, 0.6) is 11.5 Å². The van der Waals surface area contributed by atoms with Crippen LogP contribution in [0.15, 0.2) is 54.6 Å². The topological polar surface area (TPSA) is 97.0 Å². The Hall–Kier alpha value is -3.81. The number of hydrogen-bond acceptors (Lipinski definition) is 5. The van der Waals surface area contributed by atoms with Gasteiger partial charge < -0.3 is 14.4 Å². The van der Waals surface area contributed by atoms with Crippen LogP contribution in [-0.4, -0.2) is 49.4 Å². The summed E-state index contributed by atoms with van der Waals surface area (Å²) < 4.78 is 10.9. The number of piperidine rings is 1. The third-order valence-electron chi connectivity index (χ3n) is 5.58. The molecule has 0 aromatic heterocycles. The second kappa shape index (κ2) is 12.4. The van der Waals surface area contributed by atoms with Crippen LogP contribution in [0.1, 0.15) is 42.1 Å². The largest absolute Gasteiger partial charge is 0.493 e. The number of methoxy groups -OCH3 is 1. The summed E-state index contributed by atoms with van der Waals surface area (Å²) >= 11 is 0. The summed E-state index contributed by atoms with van der Waals surface area (Å²) in [6.07, 6.45) is 5.26. The zero-order valence-electron chi connectivity index (χ0n) is 19.6. The first-order chi connectivity index (χ1) is 16.5. The van der Waals surface area contributed by atoms with Crippen molar-refractivity contribution in [1.29, 1.82) is 0 Å². The highest BCUT2D eigenvalue weighted by molar-refractivity contribution is 5.96. The average molecular weight is 466 g/mol. The zero-order valence-corrected chi connectivity index (χ0v) is 19.6. The van der Waals surface area contributed by atoms with Crippen LogP contribution in [0, 0.1) is 5.92 Å². The van der Waals surface area contributed by atoms with Crippen LogP contribution in [0.2, 0.25) is 0 Å². The van der Waals surface area contributed by atoms with Gasteiger partial charge in [-0.05, 0) is 49.1 Å². The molecule has 2 aromatic carbocycles. The van der Waals surface area contributed by atoms with Crippen molar-refractivity contribution in [2.45, 2.75) is 26.2 Å². The van der Waals surface area contributed by atoms with E-state index in [1.54, 1.807) is 35.3 Å². The Morgan fingerprint density at radius 2 is 1.76 bits per heavy atom. The first-order valence-corrected chi connectivity index (χ1v) is 11.4. The summed E-state index contributed by atoms with van der Waals surface area (Å²) in [4.78, 5) is 39.2. The van der Waals surface area contributed by atoms with Gasteiger partial charge in [0.15, 0.2) is 11.5 Å². The van der Waals surface area contributed by atoms with Crippen LogP contribution in [-0.2, 0) is 9.59 Å². The zero-order chi connectivity index (χ0) is 24.3. The number of likely N-dealkylation sites (tertiary alicyclic amines) is 1. The van der Waals surface area contributed by atoms with E-state index in [-0.39, 0.29) is 17.7 Å². The lowest BCUT2D eigenvalue weighted by Gasteiger charge is -2.30. The number of carbonyl (C=O) groups excluding carboxylic acids is 3. The molecule has 8 nitrogen and oxygen atoms in total. The fourth-order valence-corrected chi connectivity index (χ4v) is 3.63. The van der Waals surface area contributed by atoms with Crippen LogP contribution < -0.4 is 20.3 Å². The smallest absolute Gasteiger partial charge is 0.269 e. The second-order valence-corrected chi connectivity index (χ2v) is 8.00. The standard InChI is InChI=1S/C26H31N3O5/c1-3-17-34-22-11-10-21(18-23(22)33-2)26(32)28-27-25(31)20-13-15-29(16-14-20)24(30)12-9-19-7-5-4-6-8-19/h4-12,18,20H,3,13-17H2,1-2H3,(H,27,31)(H,28,32). The third-order valence-corrected chi connectivity index (χ3v) is 5.58. The van der Waals surface area contributed by atoms with E-state index < -0.39 is 5.91 Å². The Labute approximate surface area is 199 Å². The van der Waals surface area contributed by atoms with Crippen LogP contribution in [0.4, 0.5) is 0 Å². The predicted octanol–water partition coefficient (Wildman–Crippen LogP) is 3.20. The minimum absolute atomic E-state index is 0.0728.